The van der Waals surface area contributed by atoms with E-state index in [1.54, 1.807) is 18.2 Å². The van der Waals surface area contributed by atoms with Gasteiger partial charge in [0.25, 0.3) is 10.0 Å². The molecule has 0 atom stereocenters. The molecule has 4 rings (SSSR count). The first kappa shape index (κ1) is 18.7. The molecule has 8 heteroatoms. The van der Waals surface area contributed by atoms with Gasteiger partial charge in [0, 0.05) is 16.9 Å². The molecule has 3 aromatic rings. The number of carbonyl (C=O) groups is 2. The molecule has 0 fully saturated rings. The minimum absolute atomic E-state index is 0.0259. The number of aryl methyl sites for hydroxylation is 1. The van der Waals surface area contributed by atoms with Crippen molar-refractivity contribution in [3.05, 3.63) is 82.4 Å². The van der Waals surface area contributed by atoms with E-state index in [2.05, 4.69) is 4.72 Å². The van der Waals surface area contributed by atoms with Crippen molar-refractivity contribution in [1.82, 2.24) is 0 Å². The number of hydrogen-bond acceptors (Lipinski definition) is 6. The third kappa shape index (κ3) is 2.94. The summed E-state index contributed by atoms with van der Waals surface area (Å²) in [4.78, 5) is 26.2. The van der Waals surface area contributed by atoms with E-state index < -0.39 is 21.6 Å². The zero-order valence-electron chi connectivity index (χ0n) is 15.4. The topological polar surface area (TPSA) is 132 Å². The highest BCUT2D eigenvalue weighted by Gasteiger charge is 2.35. The predicted molar refractivity (Wildman–Crippen MR) is 111 cm³/mol. The number of anilines is 3. The molecule has 7 nitrogen and oxygen atoms in total. The fourth-order valence-electron chi connectivity index (χ4n) is 3.38. The Kier molecular flexibility index (Phi) is 4.16. The Bertz CT molecular complexity index is 1300. The lowest BCUT2D eigenvalue weighted by Crippen LogP contribution is -2.26. The van der Waals surface area contributed by atoms with Crippen LogP contribution >= 0.6 is 0 Å². The summed E-state index contributed by atoms with van der Waals surface area (Å²) >= 11 is 0. The van der Waals surface area contributed by atoms with Gasteiger partial charge in [-0.1, -0.05) is 29.8 Å². The van der Waals surface area contributed by atoms with Crippen LogP contribution in [0.1, 0.15) is 37.4 Å². The molecule has 1 aliphatic rings. The van der Waals surface area contributed by atoms with E-state index in [1.807, 2.05) is 6.92 Å². The third-order valence-corrected chi connectivity index (χ3v) is 6.22. The lowest BCUT2D eigenvalue weighted by Gasteiger charge is -2.23. The van der Waals surface area contributed by atoms with Gasteiger partial charge in [-0.2, -0.15) is 0 Å². The zero-order chi connectivity index (χ0) is 20.9. The van der Waals surface area contributed by atoms with Crippen LogP contribution in [0.15, 0.2) is 59.5 Å². The lowest BCUT2D eigenvalue weighted by atomic mass is 9.81. The number of nitrogens with two attached hydrogens (primary N) is 2. The highest BCUT2D eigenvalue weighted by molar-refractivity contribution is 7.92. The van der Waals surface area contributed by atoms with Gasteiger partial charge in [0.2, 0.25) is 0 Å². The number of hydrogen-bond donors (Lipinski definition) is 3. The number of nitrogen functional groups attached to an aromatic ring is 2. The summed E-state index contributed by atoms with van der Waals surface area (Å²) in [6.07, 6.45) is 0. The van der Waals surface area contributed by atoms with Gasteiger partial charge in [0.05, 0.1) is 27.3 Å². The van der Waals surface area contributed by atoms with Crippen LogP contribution in [-0.2, 0) is 10.0 Å². The highest BCUT2D eigenvalue weighted by Crippen LogP contribution is 2.38. The van der Waals surface area contributed by atoms with Gasteiger partial charge in [-0.3, -0.25) is 14.3 Å². The second kappa shape index (κ2) is 6.46. The van der Waals surface area contributed by atoms with Crippen LogP contribution in [0.25, 0.3) is 0 Å². The van der Waals surface area contributed by atoms with Crippen LogP contribution in [0.5, 0.6) is 0 Å². The SMILES string of the molecule is Cc1ccc(S(=O)(=O)Nc2ccc(N)c3c2C(=O)c2c(N)cccc2C3=O)cc1. The molecule has 0 spiro atoms. The van der Waals surface area contributed by atoms with Crippen LogP contribution in [0.3, 0.4) is 0 Å². The van der Waals surface area contributed by atoms with Gasteiger partial charge in [0.1, 0.15) is 0 Å². The van der Waals surface area contributed by atoms with E-state index in [0.29, 0.717) is 0 Å². The molecule has 0 bridgehead atoms. The molecule has 3 aromatic carbocycles. The molecule has 0 unspecified atom stereocenters. The van der Waals surface area contributed by atoms with Crippen LogP contribution in [0.2, 0.25) is 0 Å². The normalized spacial score (nSPS) is 13.0. The van der Waals surface area contributed by atoms with E-state index in [-0.39, 0.29) is 44.2 Å². The highest BCUT2D eigenvalue weighted by atomic mass is 32.2. The lowest BCUT2D eigenvalue weighted by molar-refractivity contribution is 0.0981. The molecule has 0 aromatic heterocycles. The predicted octanol–water partition coefficient (Wildman–Crippen LogP) is 2.74. The van der Waals surface area contributed by atoms with Crippen LogP contribution in [-0.4, -0.2) is 20.0 Å². The van der Waals surface area contributed by atoms with Gasteiger partial charge >= 0.3 is 0 Å². The maximum absolute atomic E-state index is 13.2. The van der Waals surface area contributed by atoms with E-state index in [1.165, 1.54) is 36.4 Å². The fourth-order valence-corrected chi connectivity index (χ4v) is 4.45. The summed E-state index contributed by atoms with van der Waals surface area (Å²) in [7, 11) is -3.99. The largest absolute Gasteiger partial charge is 0.398 e. The Labute approximate surface area is 167 Å². The Morgan fingerprint density at radius 1 is 0.759 bits per heavy atom. The summed E-state index contributed by atoms with van der Waals surface area (Å²) < 4.78 is 28.1. The number of sulfonamides is 1. The standard InChI is InChI=1S/C21H17N3O4S/c1-11-5-7-12(8-6-11)29(27,28)24-16-10-9-15(23)18-19(16)21(26)17-13(20(18)25)3-2-4-14(17)22/h2-10,24H,22-23H2,1H3. The number of fused-ring (bicyclic) bond motifs is 2. The van der Waals surface area contributed by atoms with Gasteiger partial charge < -0.3 is 11.5 Å². The van der Waals surface area contributed by atoms with Gasteiger partial charge in [-0.25, -0.2) is 8.42 Å². The van der Waals surface area contributed by atoms with Gasteiger partial charge in [-0.15, -0.1) is 0 Å². The third-order valence-electron chi connectivity index (χ3n) is 4.84. The van der Waals surface area contributed by atoms with Gasteiger partial charge in [0.15, 0.2) is 11.6 Å². The molecular weight excluding hydrogens is 390 g/mol. The van der Waals surface area contributed by atoms with Gasteiger partial charge in [-0.05, 0) is 37.3 Å². The smallest absolute Gasteiger partial charge is 0.261 e. The molecule has 29 heavy (non-hydrogen) atoms. The first-order valence-electron chi connectivity index (χ1n) is 8.70. The Hall–Kier alpha value is -3.65. The van der Waals surface area contributed by atoms with Crippen molar-refractivity contribution in [3.8, 4) is 0 Å². The van der Waals surface area contributed by atoms with Crippen molar-refractivity contribution < 1.29 is 18.0 Å². The van der Waals surface area contributed by atoms with Crippen molar-refractivity contribution in [2.45, 2.75) is 11.8 Å². The van der Waals surface area contributed by atoms with Crippen molar-refractivity contribution >= 4 is 38.7 Å². The summed E-state index contributed by atoms with van der Waals surface area (Å²) in [5, 5.41) is 0. The Morgan fingerprint density at radius 2 is 1.41 bits per heavy atom. The van der Waals surface area contributed by atoms with Crippen LogP contribution < -0.4 is 16.2 Å². The first-order valence-corrected chi connectivity index (χ1v) is 10.2. The average Bonchev–Trinajstić information content (AvgIpc) is 2.67. The van der Waals surface area contributed by atoms with E-state index in [9.17, 15) is 18.0 Å². The molecule has 0 saturated carbocycles. The van der Waals surface area contributed by atoms with Crippen LogP contribution in [0.4, 0.5) is 17.1 Å². The maximum Gasteiger partial charge on any atom is 0.261 e. The Morgan fingerprint density at radius 3 is 2.10 bits per heavy atom. The Balaban J connectivity index is 1.88. The zero-order valence-corrected chi connectivity index (χ0v) is 16.2. The summed E-state index contributed by atoms with van der Waals surface area (Å²) in [5.41, 5.74) is 13.1. The first-order chi connectivity index (χ1) is 13.7. The molecule has 1 aliphatic carbocycles. The van der Waals surface area contributed by atoms with Crippen molar-refractivity contribution in [3.63, 3.8) is 0 Å². The summed E-state index contributed by atoms with van der Waals surface area (Å²) in [6.45, 7) is 1.84. The summed E-state index contributed by atoms with van der Waals surface area (Å²) in [6, 6.07) is 13.6. The number of nitrogens with one attached hydrogen (secondary N) is 1. The number of ketones is 2. The van der Waals surface area contributed by atoms with Crippen molar-refractivity contribution in [2.75, 3.05) is 16.2 Å². The second-order valence-electron chi connectivity index (χ2n) is 6.80. The monoisotopic (exact) mass is 407 g/mol. The minimum atomic E-state index is -3.99. The van der Waals surface area contributed by atoms with Crippen molar-refractivity contribution in [1.29, 1.82) is 0 Å². The minimum Gasteiger partial charge on any atom is -0.398 e. The molecular formula is C21H17N3O4S. The van der Waals surface area contributed by atoms with Crippen molar-refractivity contribution in [2.24, 2.45) is 0 Å². The molecule has 0 amide bonds. The van der Waals surface area contributed by atoms with Crippen LogP contribution in [0, 0.1) is 6.92 Å². The molecule has 0 saturated heterocycles. The molecule has 0 radical (unpaired) electrons. The molecule has 0 aliphatic heterocycles. The van der Waals surface area contributed by atoms with E-state index >= 15 is 0 Å². The summed E-state index contributed by atoms with van der Waals surface area (Å²) in [5.74, 6) is -1.03. The fraction of sp³-hybridized carbons (Fsp3) is 0.0476. The number of carbonyl (C=O) groups excluding carboxylic acids is 2. The molecule has 0 heterocycles. The maximum atomic E-state index is 13.2. The van der Waals surface area contributed by atoms with E-state index in [0.717, 1.165) is 5.56 Å². The number of rotatable bonds is 3. The second-order valence-corrected chi connectivity index (χ2v) is 8.48. The molecule has 146 valence electrons. The quantitative estimate of drug-likeness (QED) is 0.447. The average molecular weight is 407 g/mol. The molecule has 5 N–H and O–H groups in total. The van der Waals surface area contributed by atoms with E-state index in [4.69, 9.17) is 11.5 Å². The number of benzene rings is 3.